The number of aliphatic hydroxyl groups is 2. The van der Waals surface area contributed by atoms with E-state index < -0.39 is 25.2 Å². The Hall–Kier alpha value is -3.36. The summed E-state index contributed by atoms with van der Waals surface area (Å²) in [7, 11) is 0. The van der Waals surface area contributed by atoms with Crippen LogP contribution in [0, 0.1) is 11.8 Å². The van der Waals surface area contributed by atoms with Crippen LogP contribution in [0.3, 0.4) is 0 Å². The van der Waals surface area contributed by atoms with Crippen molar-refractivity contribution < 1.29 is 38.7 Å². The Morgan fingerprint density at radius 3 is 1.89 bits per heavy atom. The fourth-order valence-corrected chi connectivity index (χ4v) is 6.16. The van der Waals surface area contributed by atoms with Gasteiger partial charge in [0.2, 0.25) is 0 Å². The number of carbonyl (C=O) groups is 2. The molecule has 2 aliphatic rings. The lowest BCUT2D eigenvalue weighted by molar-refractivity contribution is -0.141. The Morgan fingerprint density at radius 1 is 0.800 bits per heavy atom. The van der Waals surface area contributed by atoms with Gasteiger partial charge in [0.25, 0.3) is 0 Å². The van der Waals surface area contributed by atoms with Crippen molar-refractivity contribution in [1.29, 1.82) is 0 Å². The van der Waals surface area contributed by atoms with Crippen LogP contribution in [0.5, 0.6) is 11.5 Å². The molecule has 0 radical (unpaired) electrons. The second kappa shape index (κ2) is 19.2. The molecule has 0 atom stereocenters. The number of aliphatic hydroxyl groups excluding tert-OH is 2. The maximum Gasteiger partial charge on any atom is 0.335 e. The van der Waals surface area contributed by atoms with Gasteiger partial charge in [0.05, 0.1) is 24.4 Å². The Morgan fingerprint density at radius 2 is 1.38 bits per heavy atom. The van der Waals surface area contributed by atoms with E-state index in [1.807, 2.05) is 12.1 Å². The highest BCUT2D eigenvalue weighted by atomic mass is 16.6. The van der Waals surface area contributed by atoms with Crippen molar-refractivity contribution >= 4 is 17.5 Å². The average Bonchev–Trinajstić information content (AvgIpc) is 3.07. The van der Waals surface area contributed by atoms with Crippen LogP contribution in [-0.2, 0) is 19.1 Å². The third kappa shape index (κ3) is 11.5. The molecule has 0 saturated heterocycles. The number of benzene rings is 1. The van der Waals surface area contributed by atoms with Crippen LogP contribution in [0.4, 0.5) is 0 Å². The monoisotopic (exact) mass is 624 g/mol. The molecule has 2 N–H and O–H groups in total. The van der Waals surface area contributed by atoms with Crippen LogP contribution in [0.1, 0.15) is 90.0 Å². The number of allylic oxidation sites excluding steroid dienone is 4. The molecule has 3 rings (SSSR count). The molecule has 0 bridgehead atoms. The van der Waals surface area contributed by atoms with Crippen LogP contribution in [0.2, 0.25) is 0 Å². The molecule has 248 valence electrons. The maximum atomic E-state index is 11.8. The Labute approximate surface area is 268 Å². The highest BCUT2D eigenvalue weighted by Crippen LogP contribution is 2.43. The fraction of sp³-hybridized carbons (Fsp3) is 0.568. The lowest BCUT2D eigenvalue weighted by Gasteiger charge is -2.33. The van der Waals surface area contributed by atoms with E-state index in [2.05, 4.69) is 33.1 Å². The van der Waals surface area contributed by atoms with E-state index in [0.717, 1.165) is 30.7 Å². The lowest BCUT2D eigenvalue weighted by atomic mass is 9.72. The molecule has 0 heterocycles. The van der Waals surface area contributed by atoms with Gasteiger partial charge in [0.15, 0.2) is 0 Å². The first-order valence-corrected chi connectivity index (χ1v) is 16.5. The summed E-state index contributed by atoms with van der Waals surface area (Å²) in [5.41, 5.74) is 5.25. The first-order chi connectivity index (χ1) is 21.8. The van der Waals surface area contributed by atoms with E-state index in [4.69, 9.17) is 29.2 Å². The molecular weight excluding hydrogens is 572 g/mol. The minimum atomic E-state index is -0.663. The zero-order chi connectivity index (χ0) is 32.6. The molecule has 0 aliphatic heterocycles. The Kier molecular flexibility index (Phi) is 15.4. The predicted molar refractivity (Wildman–Crippen MR) is 176 cm³/mol. The molecule has 0 spiro atoms. The topological polar surface area (TPSA) is 112 Å². The number of hydrogen-bond donors (Lipinski definition) is 2. The number of unbranched alkanes of at least 4 members (excludes halogenated alkanes) is 2. The van der Waals surface area contributed by atoms with Gasteiger partial charge < -0.3 is 29.2 Å². The molecule has 1 saturated carbocycles. The number of carbonyl (C=O) groups excluding carboxylic acids is 2. The van der Waals surface area contributed by atoms with Gasteiger partial charge in [0.1, 0.15) is 37.9 Å². The standard InChI is InChI=1S/C37H52O8/c1-5-7-8-9-28-10-12-30(13-11-28)35-15-14-31(20-29(35)6-2)32-21-33(42-16-18-44-36(40)26(3)24-38)23-34(22-32)43-17-19-45-37(41)27(4)25-39/h20-23,28,30,38-39H,3-19,24-25H2,1-2H3. The first kappa shape index (κ1) is 36.1. The summed E-state index contributed by atoms with van der Waals surface area (Å²) in [6, 6.07) is 5.69. The highest BCUT2D eigenvalue weighted by molar-refractivity contribution is 5.88. The summed E-state index contributed by atoms with van der Waals surface area (Å²) in [5, 5.41) is 18.1. The number of esters is 2. The quantitative estimate of drug-likeness (QED) is 0.0972. The Bertz CT molecular complexity index is 1160. The Balaban J connectivity index is 1.72. The fourth-order valence-electron chi connectivity index (χ4n) is 6.16. The molecular formula is C37H52O8. The van der Waals surface area contributed by atoms with E-state index in [-0.39, 0.29) is 37.6 Å². The van der Waals surface area contributed by atoms with Gasteiger partial charge in [0, 0.05) is 6.07 Å². The van der Waals surface area contributed by atoms with Crippen molar-refractivity contribution in [3.05, 3.63) is 65.3 Å². The minimum absolute atomic E-state index is 0.00140. The molecule has 1 aromatic carbocycles. The van der Waals surface area contributed by atoms with E-state index >= 15 is 0 Å². The second-order valence-electron chi connectivity index (χ2n) is 12.0. The number of hydrogen-bond acceptors (Lipinski definition) is 8. The normalized spacial score (nSPS) is 18.2. The largest absolute Gasteiger partial charge is 0.490 e. The predicted octanol–water partition coefficient (Wildman–Crippen LogP) is 6.90. The van der Waals surface area contributed by atoms with Crippen LogP contribution in [-0.4, -0.2) is 61.8 Å². The van der Waals surface area contributed by atoms with Crippen molar-refractivity contribution in [2.45, 2.75) is 84.5 Å². The molecule has 8 nitrogen and oxygen atoms in total. The SMILES string of the molecule is C=C(CO)C(=O)OCCOc1cc(OCCOC(=O)C(=C)CO)cc(C2=CC(CC)=C(C3CCC(CCCCC)CC3)CC2)c1. The summed E-state index contributed by atoms with van der Waals surface area (Å²) < 4.78 is 22.1. The van der Waals surface area contributed by atoms with Crippen LogP contribution in [0.15, 0.2) is 59.7 Å². The van der Waals surface area contributed by atoms with Crippen LogP contribution in [0.25, 0.3) is 5.57 Å². The number of ether oxygens (including phenoxy) is 4. The van der Waals surface area contributed by atoms with Crippen molar-refractivity contribution in [1.82, 2.24) is 0 Å². The van der Waals surface area contributed by atoms with Gasteiger partial charge in [-0.3, -0.25) is 0 Å². The summed E-state index contributed by atoms with van der Waals surface area (Å²) in [5.74, 6) is 1.36. The van der Waals surface area contributed by atoms with E-state index in [0.29, 0.717) is 17.4 Å². The third-order valence-electron chi connectivity index (χ3n) is 8.74. The van der Waals surface area contributed by atoms with Gasteiger partial charge in [-0.25, -0.2) is 9.59 Å². The van der Waals surface area contributed by atoms with Crippen LogP contribution >= 0.6 is 0 Å². The zero-order valence-electron chi connectivity index (χ0n) is 27.2. The van der Waals surface area contributed by atoms with E-state index in [1.54, 1.807) is 11.6 Å². The molecule has 1 fully saturated rings. The molecule has 45 heavy (non-hydrogen) atoms. The van der Waals surface area contributed by atoms with Gasteiger partial charge in [-0.1, -0.05) is 64.3 Å². The van der Waals surface area contributed by atoms with Crippen molar-refractivity contribution in [2.75, 3.05) is 39.6 Å². The number of rotatable bonds is 19. The molecule has 0 amide bonds. The van der Waals surface area contributed by atoms with Crippen LogP contribution < -0.4 is 9.47 Å². The molecule has 2 aliphatic carbocycles. The lowest BCUT2D eigenvalue weighted by Crippen LogP contribution is -2.18. The van der Waals surface area contributed by atoms with E-state index in [1.165, 1.54) is 62.5 Å². The van der Waals surface area contributed by atoms with E-state index in [9.17, 15) is 9.59 Å². The van der Waals surface area contributed by atoms with Gasteiger partial charge in [-0.15, -0.1) is 0 Å². The summed E-state index contributed by atoms with van der Waals surface area (Å²) in [6.45, 7) is 10.7. The maximum absolute atomic E-state index is 11.8. The van der Waals surface area contributed by atoms with Crippen molar-refractivity contribution in [3.8, 4) is 11.5 Å². The van der Waals surface area contributed by atoms with Crippen molar-refractivity contribution in [2.24, 2.45) is 11.8 Å². The highest BCUT2D eigenvalue weighted by Gasteiger charge is 2.27. The molecule has 0 unspecified atom stereocenters. The first-order valence-electron chi connectivity index (χ1n) is 16.5. The minimum Gasteiger partial charge on any atom is -0.490 e. The van der Waals surface area contributed by atoms with Gasteiger partial charge in [-0.2, -0.15) is 0 Å². The summed E-state index contributed by atoms with van der Waals surface area (Å²) in [4.78, 5) is 23.6. The smallest absolute Gasteiger partial charge is 0.335 e. The molecule has 1 aromatic rings. The average molecular weight is 625 g/mol. The van der Waals surface area contributed by atoms with Gasteiger partial charge in [-0.05, 0) is 85.6 Å². The van der Waals surface area contributed by atoms with Gasteiger partial charge >= 0.3 is 11.9 Å². The second-order valence-corrected chi connectivity index (χ2v) is 12.0. The molecule has 0 aromatic heterocycles. The summed E-state index contributed by atoms with van der Waals surface area (Å²) >= 11 is 0. The zero-order valence-corrected chi connectivity index (χ0v) is 27.2. The third-order valence-corrected chi connectivity index (χ3v) is 8.74. The van der Waals surface area contributed by atoms with Crippen molar-refractivity contribution in [3.63, 3.8) is 0 Å². The molecule has 8 heteroatoms. The summed E-state index contributed by atoms with van der Waals surface area (Å²) in [6.07, 6.45) is 16.0.